The molecule has 24 heavy (non-hydrogen) atoms. The molecular formula is C17H15NO6. The molecule has 0 fully saturated rings. The Morgan fingerprint density at radius 3 is 2.46 bits per heavy atom. The largest absolute Gasteiger partial charge is 0.507 e. The number of aromatic hydroxyl groups is 1. The van der Waals surface area contributed by atoms with Crippen LogP contribution in [0.25, 0.3) is 6.08 Å². The Morgan fingerprint density at radius 1 is 1.12 bits per heavy atom. The maximum absolute atomic E-state index is 12.2. The Hall–Kier alpha value is -3.35. The minimum atomic E-state index is -0.576. The van der Waals surface area contributed by atoms with Gasteiger partial charge in [0.1, 0.15) is 5.75 Å². The molecule has 124 valence electrons. The number of hydrogen-bond acceptors (Lipinski definition) is 6. The van der Waals surface area contributed by atoms with E-state index in [1.165, 1.54) is 50.6 Å². The number of allylic oxidation sites excluding steroid dienone is 1. The van der Waals surface area contributed by atoms with Gasteiger partial charge in [0.15, 0.2) is 17.3 Å². The van der Waals surface area contributed by atoms with E-state index in [4.69, 9.17) is 9.47 Å². The minimum absolute atomic E-state index is 0.156. The van der Waals surface area contributed by atoms with E-state index in [2.05, 4.69) is 0 Å². The zero-order valence-electron chi connectivity index (χ0n) is 13.1. The fourth-order valence-electron chi connectivity index (χ4n) is 2.04. The lowest BCUT2D eigenvalue weighted by Gasteiger charge is -2.08. The monoisotopic (exact) mass is 329 g/mol. The predicted molar refractivity (Wildman–Crippen MR) is 87.7 cm³/mol. The Bertz CT molecular complexity index is 813. The van der Waals surface area contributed by atoms with Gasteiger partial charge in [-0.15, -0.1) is 0 Å². The number of hydrogen-bond donors (Lipinski definition) is 1. The summed E-state index contributed by atoms with van der Waals surface area (Å²) < 4.78 is 10.2. The lowest BCUT2D eigenvalue weighted by Crippen LogP contribution is -1.97. The van der Waals surface area contributed by atoms with Crippen molar-refractivity contribution < 1.29 is 24.3 Å². The summed E-state index contributed by atoms with van der Waals surface area (Å²) >= 11 is 0. The average Bonchev–Trinajstić information content (AvgIpc) is 2.59. The van der Waals surface area contributed by atoms with Gasteiger partial charge in [-0.2, -0.15) is 0 Å². The number of non-ortho nitro benzene ring substituents is 1. The molecule has 0 saturated carbocycles. The molecule has 1 N–H and O–H groups in total. The average molecular weight is 329 g/mol. The maximum atomic E-state index is 12.2. The highest BCUT2D eigenvalue weighted by Gasteiger charge is 2.11. The Labute approximate surface area is 137 Å². The minimum Gasteiger partial charge on any atom is -0.507 e. The fourth-order valence-corrected chi connectivity index (χ4v) is 2.04. The second-order valence-corrected chi connectivity index (χ2v) is 4.77. The van der Waals surface area contributed by atoms with Crippen LogP contribution in [0, 0.1) is 10.1 Å². The van der Waals surface area contributed by atoms with E-state index in [1.54, 1.807) is 12.1 Å². The lowest BCUT2D eigenvalue weighted by atomic mass is 10.1. The molecule has 2 aromatic carbocycles. The maximum Gasteiger partial charge on any atom is 0.270 e. The van der Waals surface area contributed by atoms with E-state index >= 15 is 0 Å². The van der Waals surface area contributed by atoms with Crippen molar-refractivity contribution in [3.05, 3.63) is 63.7 Å². The molecule has 7 heteroatoms. The first kappa shape index (κ1) is 17.0. The Kier molecular flexibility index (Phi) is 5.16. The van der Waals surface area contributed by atoms with Gasteiger partial charge in [0.25, 0.3) is 5.69 Å². The molecule has 0 aromatic heterocycles. The molecule has 0 bridgehead atoms. The number of nitro benzene ring substituents is 1. The number of ketones is 1. The van der Waals surface area contributed by atoms with Crippen LogP contribution in [0.3, 0.4) is 0 Å². The third-order valence-electron chi connectivity index (χ3n) is 3.30. The van der Waals surface area contributed by atoms with Gasteiger partial charge < -0.3 is 14.6 Å². The smallest absolute Gasteiger partial charge is 0.270 e. The summed E-state index contributed by atoms with van der Waals surface area (Å²) in [7, 11) is 2.95. The second kappa shape index (κ2) is 7.28. The fraction of sp³-hybridized carbons (Fsp3) is 0.118. The highest BCUT2D eigenvalue weighted by molar-refractivity contribution is 6.07. The summed E-state index contributed by atoms with van der Waals surface area (Å²) in [6.07, 6.45) is 2.54. The molecule has 2 rings (SSSR count). The molecule has 0 radical (unpaired) electrons. The number of ether oxygens (including phenoxy) is 2. The summed E-state index contributed by atoms with van der Waals surface area (Å²) in [6.45, 7) is 0. The van der Waals surface area contributed by atoms with Crippen LogP contribution in [0.1, 0.15) is 15.9 Å². The van der Waals surface area contributed by atoms with E-state index in [0.717, 1.165) is 0 Å². The number of phenols is 1. The van der Waals surface area contributed by atoms with Gasteiger partial charge in [0, 0.05) is 23.3 Å². The molecule has 0 spiro atoms. The van der Waals surface area contributed by atoms with Crippen molar-refractivity contribution in [2.45, 2.75) is 0 Å². The molecule has 0 aliphatic heterocycles. The van der Waals surface area contributed by atoms with Gasteiger partial charge in [-0.1, -0.05) is 0 Å². The van der Waals surface area contributed by atoms with Gasteiger partial charge in [0.2, 0.25) is 0 Å². The van der Waals surface area contributed by atoms with Crippen molar-refractivity contribution in [2.75, 3.05) is 14.2 Å². The third-order valence-corrected chi connectivity index (χ3v) is 3.30. The molecule has 0 heterocycles. The first-order valence-electron chi connectivity index (χ1n) is 6.88. The van der Waals surface area contributed by atoms with Gasteiger partial charge in [-0.25, -0.2) is 0 Å². The Balaban J connectivity index is 2.28. The highest BCUT2D eigenvalue weighted by Crippen LogP contribution is 2.28. The summed E-state index contributed by atoms with van der Waals surface area (Å²) in [5.41, 5.74) is 0.359. The SMILES string of the molecule is COc1ccc(C(=O)C=Cc2cc([N+](=O)[O-])ccc2O)cc1OC. The first-order valence-corrected chi connectivity index (χ1v) is 6.88. The number of nitro groups is 1. The highest BCUT2D eigenvalue weighted by atomic mass is 16.6. The quantitative estimate of drug-likeness (QED) is 0.378. The van der Waals surface area contributed by atoms with Crippen LogP contribution in [-0.2, 0) is 0 Å². The molecular weight excluding hydrogens is 314 g/mol. The summed E-state index contributed by atoms with van der Waals surface area (Å²) in [4.78, 5) is 22.4. The van der Waals surface area contributed by atoms with E-state index in [-0.39, 0.29) is 22.8 Å². The van der Waals surface area contributed by atoms with Crippen LogP contribution in [-0.4, -0.2) is 30.0 Å². The van der Waals surface area contributed by atoms with Crippen LogP contribution in [0.15, 0.2) is 42.5 Å². The molecule has 0 unspecified atom stereocenters. The summed E-state index contributed by atoms with van der Waals surface area (Å²) in [6, 6.07) is 8.28. The lowest BCUT2D eigenvalue weighted by molar-refractivity contribution is -0.384. The van der Waals surface area contributed by atoms with Crippen molar-refractivity contribution in [3.8, 4) is 17.2 Å². The number of benzene rings is 2. The molecule has 0 aliphatic carbocycles. The number of methoxy groups -OCH3 is 2. The Morgan fingerprint density at radius 2 is 1.83 bits per heavy atom. The number of nitrogens with zero attached hydrogens (tertiary/aromatic N) is 1. The molecule has 2 aromatic rings. The van der Waals surface area contributed by atoms with Crippen molar-refractivity contribution in [1.82, 2.24) is 0 Å². The molecule has 0 saturated heterocycles. The van der Waals surface area contributed by atoms with Crippen molar-refractivity contribution in [2.24, 2.45) is 0 Å². The topological polar surface area (TPSA) is 98.9 Å². The van der Waals surface area contributed by atoms with Gasteiger partial charge >= 0.3 is 0 Å². The summed E-state index contributed by atoms with van der Waals surface area (Å²) in [5.74, 6) is 0.406. The van der Waals surface area contributed by atoms with Gasteiger partial charge in [0.05, 0.1) is 19.1 Å². The number of rotatable bonds is 6. The van der Waals surface area contributed by atoms with Crippen LogP contribution >= 0.6 is 0 Å². The van der Waals surface area contributed by atoms with Crippen LogP contribution < -0.4 is 9.47 Å². The van der Waals surface area contributed by atoms with Crippen LogP contribution in [0.2, 0.25) is 0 Å². The second-order valence-electron chi connectivity index (χ2n) is 4.77. The van der Waals surface area contributed by atoms with E-state index < -0.39 is 4.92 Å². The summed E-state index contributed by atoms with van der Waals surface area (Å²) in [5, 5.41) is 20.5. The third kappa shape index (κ3) is 3.70. The normalized spacial score (nSPS) is 10.6. The zero-order chi connectivity index (χ0) is 17.7. The van der Waals surface area contributed by atoms with Crippen molar-refractivity contribution in [1.29, 1.82) is 0 Å². The number of carbonyl (C=O) groups excluding carboxylic acids is 1. The molecule has 0 amide bonds. The first-order chi connectivity index (χ1) is 11.5. The van der Waals surface area contributed by atoms with Crippen molar-refractivity contribution >= 4 is 17.5 Å². The van der Waals surface area contributed by atoms with Gasteiger partial charge in [-0.05, 0) is 36.4 Å². The number of carbonyl (C=O) groups is 1. The van der Waals surface area contributed by atoms with E-state index in [1.807, 2.05) is 0 Å². The van der Waals surface area contributed by atoms with Gasteiger partial charge in [-0.3, -0.25) is 14.9 Å². The zero-order valence-corrected chi connectivity index (χ0v) is 13.1. The van der Waals surface area contributed by atoms with Crippen LogP contribution in [0.4, 0.5) is 5.69 Å². The molecule has 7 nitrogen and oxygen atoms in total. The van der Waals surface area contributed by atoms with Crippen molar-refractivity contribution in [3.63, 3.8) is 0 Å². The standard InChI is InChI=1S/C17H15NO6/c1-23-16-8-4-12(10-17(16)24-2)14(19)6-3-11-9-13(18(21)22)5-7-15(11)20/h3-10,20H,1-2H3. The van der Waals surface area contributed by atoms with E-state index in [9.17, 15) is 20.0 Å². The predicted octanol–water partition coefficient (Wildman–Crippen LogP) is 3.21. The number of phenolic OH excluding ortho intramolecular Hbond substituents is 1. The van der Waals surface area contributed by atoms with E-state index in [0.29, 0.717) is 17.1 Å². The molecule has 0 aliphatic rings. The van der Waals surface area contributed by atoms with Crippen LogP contribution in [0.5, 0.6) is 17.2 Å². The molecule has 0 atom stereocenters.